The van der Waals surface area contributed by atoms with Crippen molar-refractivity contribution in [3.05, 3.63) is 60.2 Å². The fourth-order valence-electron chi connectivity index (χ4n) is 5.09. The van der Waals surface area contributed by atoms with E-state index in [2.05, 4.69) is 5.32 Å². The smallest absolute Gasteiger partial charge is 0.243 e. The lowest BCUT2D eigenvalue weighted by molar-refractivity contribution is -0.126. The van der Waals surface area contributed by atoms with Gasteiger partial charge in [0.2, 0.25) is 26.0 Å². The van der Waals surface area contributed by atoms with Crippen molar-refractivity contribution in [1.82, 2.24) is 13.9 Å². The summed E-state index contributed by atoms with van der Waals surface area (Å²) in [5, 5.41) is 2.85. The van der Waals surface area contributed by atoms with Crippen LogP contribution in [-0.4, -0.2) is 76.4 Å². The van der Waals surface area contributed by atoms with Gasteiger partial charge in [0, 0.05) is 26.2 Å². The molecular weight excluding hydrogens is 538 g/mol. The Bertz CT molecular complexity index is 1280. The minimum absolute atomic E-state index is 0.0716. The molecule has 0 unspecified atom stereocenters. The zero-order valence-corrected chi connectivity index (χ0v) is 24.0. The molecule has 0 bridgehead atoms. The molecule has 2 aliphatic rings. The third-order valence-corrected chi connectivity index (χ3v) is 11.1. The fourth-order valence-corrected chi connectivity index (χ4v) is 8.19. The lowest BCUT2D eigenvalue weighted by Crippen LogP contribution is -2.46. The Balaban J connectivity index is 1.18. The second-order valence-electron chi connectivity index (χ2n) is 10.2. The van der Waals surface area contributed by atoms with E-state index in [9.17, 15) is 21.6 Å². The molecule has 39 heavy (non-hydrogen) atoms. The number of aryl methyl sites for hydroxylation is 1. The summed E-state index contributed by atoms with van der Waals surface area (Å²) in [5.41, 5.74) is 1.12. The van der Waals surface area contributed by atoms with Gasteiger partial charge in [-0.15, -0.1) is 0 Å². The standard InChI is InChI=1S/C28H39N3O6S2/c32-28(25-12-7-20-31(23-25)38(33,34)22-8-11-24-9-3-1-4-10-24)29-17-21-37-26-13-15-27(16-14-26)39(35,36)30-18-5-2-6-19-30/h1,3-4,9-10,13-16,25H,2,5-8,11-12,17-23H2,(H,29,32)/t25-/m0/s1. The van der Waals surface area contributed by atoms with Gasteiger partial charge in [0.1, 0.15) is 12.4 Å². The molecule has 1 N–H and O–H groups in total. The van der Waals surface area contributed by atoms with Gasteiger partial charge in [-0.3, -0.25) is 4.79 Å². The monoisotopic (exact) mass is 577 g/mol. The summed E-state index contributed by atoms with van der Waals surface area (Å²) in [4.78, 5) is 13.0. The topological polar surface area (TPSA) is 113 Å². The molecule has 2 aromatic rings. The van der Waals surface area contributed by atoms with Gasteiger partial charge in [0.15, 0.2) is 0 Å². The summed E-state index contributed by atoms with van der Waals surface area (Å²) in [6.45, 7) is 2.25. The Morgan fingerprint density at radius 1 is 0.872 bits per heavy atom. The maximum atomic E-state index is 12.9. The first-order valence-electron chi connectivity index (χ1n) is 13.8. The highest BCUT2D eigenvalue weighted by molar-refractivity contribution is 7.89. The Morgan fingerprint density at radius 3 is 2.28 bits per heavy atom. The molecule has 0 saturated carbocycles. The summed E-state index contributed by atoms with van der Waals surface area (Å²) >= 11 is 0. The maximum Gasteiger partial charge on any atom is 0.243 e. The van der Waals surface area contributed by atoms with Gasteiger partial charge in [-0.2, -0.15) is 4.31 Å². The largest absolute Gasteiger partial charge is 0.492 e. The lowest BCUT2D eigenvalue weighted by Gasteiger charge is -2.31. The van der Waals surface area contributed by atoms with Crippen LogP contribution >= 0.6 is 0 Å². The van der Waals surface area contributed by atoms with Gasteiger partial charge in [-0.25, -0.2) is 21.1 Å². The van der Waals surface area contributed by atoms with Gasteiger partial charge >= 0.3 is 0 Å². The van der Waals surface area contributed by atoms with E-state index in [1.54, 1.807) is 24.3 Å². The van der Waals surface area contributed by atoms with E-state index in [1.807, 2.05) is 30.3 Å². The number of amides is 1. The van der Waals surface area contributed by atoms with Crippen LogP contribution in [0.3, 0.4) is 0 Å². The number of nitrogens with zero attached hydrogens (tertiary/aromatic N) is 2. The number of sulfonamides is 2. The normalized spacial score (nSPS) is 19.4. The first-order valence-corrected chi connectivity index (χ1v) is 16.8. The molecule has 1 atom stereocenters. The Hall–Kier alpha value is -2.47. The second-order valence-corrected chi connectivity index (χ2v) is 14.2. The quantitative estimate of drug-likeness (QED) is 0.388. The minimum atomic E-state index is -3.49. The van der Waals surface area contributed by atoms with Crippen LogP contribution < -0.4 is 10.1 Å². The van der Waals surface area contributed by atoms with E-state index in [0.717, 1.165) is 24.8 Å². The van der Waals surface area contributed by atoms with Crippen molar-refractivity contribution < 1.29 is 26.4 Å². The summed E-state index contributed by atoms with van der Waals surface area (Å²) in [6, 6.07) is 16.2. The van der Waals surface area contributed by atoms with Crippen LogP contribution in [-0.2, 0) is 31.3 Å². The van der Waals surface area contributed by atoms with E-state index in [-0.39, 0.29) is 42.2 Å². The maximum absolute atomic E-state index is 12.9. The number of carbonyl (C=O) groups is 1. The van der Waals surface area contributed by atoms with Crippen LogP contribution in [0.5, 0.6) is 5.75 Å². The molecule has 214 valence electrons. The number of benzene rings is 2. The van der Waals surface area contributed by atoms with Crippen molar-refractivity contribution in [3.63, 3.8) is 0 Å². The third-order valence-electron chi connectivity index (χ3n) is 7.31. The van der Waals surface area contributed by atoms with Gasteiger partial charge in [-0.05, 0) is 68.4 Å². The van der Waals surface area contributed by atoms with Crippen molar-refractivity contribution >= 4 is 26.0 Å². The average Bonchev–Trinajstić information content (AvgIpc) is 2.96. The summed E-state index contributed by atoms with van der Waals surface area (Å²) in [7, 11) is -6.91. The first kappa shape index (κ1) is 29.5. The number of carbonyl (C=O) groups excluding carboxylic acids is 1. The van der Waals surface area contributed by atoms with E-state index in [0.29, 0.717) is 51.1 Å². The predicted octanol–water partition coefficient (Wildman–Crippen LogP) is 3.03. The SMILES string of the molecule is O=C(NCCOc1ccc(S(=O)(=O)N2CCCCC2)cc1)[C@H]1CCCN(S(=O)(=O)CCCc2ccccc2)C1. The van der Waals surface area contributed by atoms with Crippen molar-refractivity contribution in [1.29, 1.82) is 0 Å². The summed E-state index contributed by atoms with van der Waals surface area (Å²) < 4.78 is 60.0. The summed E-state index contributed by atoms with van der Waals surface area (Å²) in [6.07, 6.45) is 5.37. The van der Waals surface area contributed by atoms with Crippen LogP contribution in [0, 0.1) is 5.92 Å². The fraction of sp³-hybridized carbons (Fsp3) is 0.536. The zero-order valence-electron chi connectivity index (χ0n) is 22.3. The van der Waals surface area contributed by atoms with E-state index >= 15 is 0 Å². The van der Waals surface area contributed by atoms with Crippen molar-refractivity contribution in [2.24, 2.45) is 5.92 Å². The van der Waals surface area contributed by atoms with Gasteiger partial charge in [0.25, 0.3) is 0 Å². The molecule has 2 aromatic carbocycles. The highest BCUT2D eigenvalue weighted by atomic mass is 32.2. The minimum Gasteiger partial charge on any atom is -0.492 e. The van der Waals surface area contributed by atoms with Crippen LogP contribution in [0.4, 0.5) is 0 Å². The number of nitrogens with one attached hydrogen (secondary N) is 1. The molecule has 4 rings (SSSR count). The van der Waals surface area contributed by atoms with Crippen molar-refractivity contribution in [2.45, 2.75) is 49.8 Å². The molecule has 0 radical (unpaired) electrons. The Labute approximate surface area is 232 Å². The van der Waals surface area contributed by atoms with Gasteiger partial charge in [0.05, 0.1) is 23.1 Å². The molecule has 2 heterocycles. The molecule has 2 saturated heterocycles. The second kappa shape index (κ2) is 13.7. The molecule has 2 fully saturated rings. The molecular formula is C28H39N3O6S2. The highest BCUT2D eigenvalue weighted by Gasteiger charge is 2.32. The molecule has 0 aliphatic carbocycles. The average molecular weight is 578 g/mol. The van der Waals surface area contributed by atoms with Crippen molar-refractivity contribution in [2.75, 3.05) is 45.1 Å². The van der Waals surface area contributed by atoms with E-state index in [1.165, 1.54) is 8.61 Å². The van der Waals surface area contributed by atoms with Crippen molar-refractivity contribution in [3.8, 4) is 5.75 Å². The first-order chi connectivity index (χ1) is 18.8. The molecule has 0 spiro atoms. The predicted molar refractivity (Wildman–Crippen MR) is 150 cm³/mol. The van der Waals surface area contributed by atoms with Crippen LogP contribution in [0.25, 0.3) is 0 Å². The van der Waals surface area contributed by atoms with Gasteiger partial charge in [-0.1, -0.05) is 36.8 Å². The molecule has 9 nitrogen and oxygen atoms in total. The van der Waals surface area contributed by atoms with Gasteiger partial charge < -0.3 is 10.1 Å². The van der Waals surface area contributed by atoms with E-state index < -0.39 is 20.0 Å². The molecule has 0 aromatic heterocycles. The number of rotatable bonds is 12. The Kier molecular flexibility index (Phi) is 10.4. The van der Waals surface area contributed by atoms with Crippen LogP contribution in [0.15, 0.2) is 59.5 Å². The number of piperidine rings is 2. The van der Waals surface area contributed by atoms with E-state index in [4.69, 9.17) is 4.74 Å². The highest BCUT2D eigenvalue weighted by Crippen LogP contribution is 2.23. The number of ether oxygens (including phenoxy) is 1. The van der Waals surface area contributed by atoms with Crippen LogP contribution in [0.2, 0.25) is 0 Å². The third kappa shape index (κ3) is 8.26. The lowest BCUT2D eigenvalue weighted by atomic mass is 9.99. The molecule has 1 amide bonds. The summed E-state index contributed by atoms with van der Waals surface area (Å²) in [5.74, 6) is 0.0299. The molecule has 11 heteroatoms. The Morgan fingerprint density at radius 2 is 1.56 bits per heavy atom. The molecule has 2 aliphatic heterocycles. The number of hydrogen-bond donors (Lipinski definition) is 1. The van der Waals surface area contributed by atoms with Crippen LogP contribution in [0.1, 0.15) is 44.1 Å². The zero-order chi connectivity index (χ0) is 27.7. The number of hydrogen-bond acceptors (Lipinski definition) is 6.